The molecule has 3 atom stereocenters. The molecule has 2 aromatic rings. The molecule has 1 unspecified atom stereocenters. The number of benzene rings is 2. The van der Waals surface area contributed by atoms with Crippen LogP contribution in [0.3, 0.4) is 0 Å². The summed E-state index contributed by atoms with van der Waals surface area (Å²) in [6.45, 7) is 0.448. The zero-order valence-corrected chi connectivity index (χ0v) is 18.6. The minimum absolute atomic E-state index is 0.00285. The molecule has 9 heteroatoms. The van der Waals surface area contributed by atoms with Crippen molar-refractivity contribution in [3.05, 3.63) is 59.4 Å². The first-order valence-electron chi connectivity index (χ1n) is 10.8. The molecule has 174 valence electrons. The Hall–Kier alpha value is -1.94. The number of aliphatic hydroxyl groups excluding tert-OH is 1. The molecule has 1 aliphatic heterocycles. The summed E-state index contributed by atoms with van der Waals surface area (Å²) in [5.74, 6) is -1.82. The number of likely N-dealkylation sites (tertiary alicyclic amines) is 1. The van der Waals surface area contributed by atoms with Crippen LogP contribution in [-0.4, -0.2) is 49.5 Å². The van der Waals surface area contributed by atoms with Crippen LogP contribution in [0.2, 0.25) is 0 Å². The Labute approximate surface area is 186 Å². The smallest absolute Gasteiger partial charge is 0.209 e. The Morgan fingerprint density at radius 3 is 2.50 bits per heavy atom. The van der Waals surface area contributed by atoms with Crippen LogP contribution in [0.5, 0.6) is 0 Å². The average Bonchev–Trinajstić information content (AvgIpc) is 3.03. The molecule has 0 aromatic heterocycles. The number of rotatable bonds is 7. The third-order valence-electron chi connectivity index (χ3n) is 6.54. The lowest BCUT2D eigenvalue weighted by Crippen LogP contribution is -2.51. The summed E-state index contributed by atoms with van der Waals surface area (Å²) in [4.78, 5) is 1.80. The molecule has 1 aliphatic carbocycles. The lowest BCUT2D eigenvalue weighted by molar-refractivity contribution is -0.0718. The Bertz CT molecular complexity index is 1090. The van der Waals surface area contributed by atoms with E-state index in [9.17, 15) is 22.3 Å². The molecule has 2 N–H and O–H groups in total. The van der Waals surface area contributed by atoms with Crippen LogP contribution in [0.15, 0.2) is 36.4 Å². The van der Waals surface area contributed by atoms with E-state index in [1.54, 1.807) is 4.90 Å². The minimum Gasteiger partial charge on any atom is -0.378 e. The third-order valence-corrected chi connectivity index (χ3v) is 7.27. The van der Waals surface area contributed by atoms with Crippen molar-refractivity contribution < 1.29 is 26.7 Å². The summed E-state index contributed by atoms with van der Waals surface area (Å²) in [7, 11) is -3.54. The molecule has 1 saturated heterocycles. The second kappa shape index (κ2) is 9.13. The number of halogens is 3. The van der Waals surface area contributed by atoms with Crippen molar-refractivity contribution in [3.63, 3.8) is 0 Å². The van der Waals surface area contributed by atoms with Gasteiger partial charge in [-0.3, -0.25) is 4.90 Å². The van der Waals surface area contributed by atoms with Crippen LogP contribution in [-0.2, 0) is 16.4 Å². The summed E-state index contributed by atoms with van der Waals surface area (Å²) in [6.07, 6.45) is 3.54. The number of hydrogen-bond acceptors (Lipinski definition) is 4. The van der Waals surface area contributed by atoms with Crippen LogP contribution in [0.1, 0.15) is 31.2 Å². The molecule has 2 aliphatic rings. The van der Waals surface area contributed by atoms with Crippen LogP contribution >= 0.6 is 0 Å². The fourth-order valence-corrected chi connectivity index (χ4v) is 5.60. The van der Waals surface area contributed by atoms with Gasteiger partial charge >= 0.3 is 0 Å². The van der Waals surface area contributed by atoms with Gasteiger partial charge in [-0.2, -0.15) is 0 Å². The Kier molecular flexibility index (Phi) is 6.63. The van der Waals surface area contributed by atoms with Gasteiger partial charge in [-0.25, -0.2) is 26.3 Å². The molecule has 1 saturated carbocycles. The summed E-state index contributed by atoms with van der Waals surface area (Å²) in [5, 5.41) is 10.9. The van der Waals surface area contributed by atoms with E-state index in [-0.39, 0.29) is 29.0 Å². The highest BCUT2D eigenvalue weighted by Crippen LogP contribution is 2.36. The molecule has 0 bridgehead atoms. The van der Waals surface area contributed by atoms with Gasteiger partial charge in [-0.05, 0) is 67.0 Å². The Morgan fingerprint density at radius 1 is 1.12 bits per heavy atom. The van der Waals surface area contributed by atoms with E-state index in [0.29, 0.717) is 13.0 Å². The Balaban J connectivity index is 1.68. The molecule has 32 heavy (non-hydrogen) atoms. The van der Waals surface area contributed by atoms with Gasteiger partial charge in [0.2, 0.25) is 10.0 Å². The van der Waals surface area contributed by atoms with Crippen LogP contribution in [0.25, 0.3) is 11.1 Å². The molecule has 0 spiro atoms. The van der Waals surface area contributed by atoms with Gasteiger partial charge in [0.15, 0.2) is 0 Å². The number of nitrogens with zero attached hydrogens (tertiary/aromatic N) is 1. The first kappa shape index (κ1) is 23.2. The molecule has 2 fully saturated rings. The lowest BCUT2D eigenvalue weighted by Gasteiger charge is -2.39. The predicted octanol–water partition coefficient (Wildman–Crippen LogP) is 3.42. The first-order chi connectivity index (χ1) is 15.1. The fraction of sp³-hybridized carbons (Fsp3) is 0.478. The summed E-state index contributed by atoms with van der Waals surface area (Å²) in [5.41, 5.74) is 0.213. The number of sulfonamides is 1. The van der Waals surface area contributed by atoms with Crippen molar-refractivity contribution >= 4 is 10.0 Å². The maximum atomic E-state index is 15.4. The lowest BCUT2D eigenvalue weighted by atomic mass is 9.83. The highest BCUT2D eigenvalue weighted by molar-refractivity contribution is 7.88. The number of nitrogens with one attached hydrogen (secondary N) is 1. The Morgan fingerprint density at radius 2 is 1.88 bits per heavy atom. The van der Waals surface area contributed by atoms with E-state index in [0.717, 1.165) is 43.7 Å². The quantitative estimate of drug-likeness (QED) is 0.654. The van der Waals surface area contributed by atoms with Gasteiger partial charge in [-0.15, -0.1) is 0 Å². The first-order valence-corrected chi connectivity index (χ1v) is 12.7. The summed E-state index contributed by atoms with van der Waals surface area (Å²) < 4.78 is 69.9. The van der Waals surface area contributed by atoms with E-state index in [1.807, 2.05) is 0 Å². The van der Waals surface area contributed by atoms with Crippen LogP contribution in [0.4, 0.5) is 13.2 Å². The maximum absolute atomic E-state index is 15.4. The summed E-state index contributed by atoms with van der Waals surface area (Å²) >= 11 is 0. The normalized spacial score (nSPS) is 23.3. The van der Waals surface area contributed by atoms with Gasteiger partial charge in [0.05, 0.1) is 6.26 Å². The van der Waals surface area contributed by atoms with Gasteiger partial charge in [0, 0.05) is 24.2 Å². The average molecular weight is 469 g/mol. The molecule has 5 nitrogen and oxygen atoms in total. The van der Waals surface area contributed by atoms with E-state index >= 15 is 4.39 Å². The number of aliphatic hydroxyl groups is 1. The highest BCUT2D eigenvalue weighted by atomic mass is 32.2. The van der Waals surface area contributed by atoms with E-state index < -0.39 is 45.8 Å². The minimum atomic E-state index is -3.54. The zero-order chi connectivity index (χ0) is 23.0. The van der Waals surface area contributed by atoms with Crippen LogP contribution < -0.4 is 4.72 Å². The molecule has 2 aromatic carbocycles. The predicted molar refractivity (Wildman–Crippen MR) is 116 cm³/mol. The molecule has 0 amide bonds. The molecule has 0 radical (unpaired) electrons. The second-order valence-electron chi connectivity index (χ2n) is 8.84. The van der Waals surface area contributed by atoms with Gasteiger partial charge in [-0.1, -0.05) is 18.6 Å². The zero-order valence-electron chi connectivity index (χ0n) is 17.8. The SMILES string of the molecule is CS(=O)(=O)N[C@H]1CCN(C(O)C2CCC2)[C@H]1Cc1cc(F)cc(-c2cccc(F)c2)c1F. The third kappa shape index (κ3) is 5.01. The largest absolute Gasteiger partial charge is 0.378 e. The topological polar surface area (TPSA) is 69.6 Å². The van der Waals surface area contributed by atoms with Crippen molar-refractivity contribution in [1.29, 1.82) is 0 Å². The van der Waals surface area contributed by atoms with Gasteiger partial charge < -0.3 is 5.11 Å². The second-order valence-corrected chi connectivity index (χ2v) is 10.6. The van der Waals surface area contributed by atoms with Crippen molar-refractivity contribution in [1.82, 2.24) is 9.62 Å². The molecular formula is C23H27F3N2O3S. The maximum Gasteiger partial charge on any atom is 0.209 e. The highest BCUT2D eigenvalue weighted by Gasteiger charge is 2.42. The molecular weight excluding hydrogens is 441 g/mol. The summed E-state index contributed by atoms with van der Waals surface area (Å²) in [6, 6.07) is 6.31. The van der Waals surface area contributed by atoms with E-state index in [4.69, 9.17) is 0 Å². The van der Waals surface area contributed by atoms with Crippen LogP contribution in [0, 0.1) is 23.4 Å². The van der Waals surface area contributed by atoms with Crippen molar-refractivity contribution in [2.24, 2.45) is 5.92 Å². The molecule has 1 heterocycles. The monoisotopic (exact) mass is 468 g/mol. The van der Waals surface area contributed by atoms with E-state index in [1.165, 1.54) is 18.2 Å². The van der Waals surface area contributed by atoms with E-state index in [2.05, 4.69) is 4.72 Å². The van der Waals surface area contributed by atoms with Crippen molar-refractivity contribution in [3.8, 4) is 11.1 Å². The fourth-order valence-electron chi connectivity index (χ4n) is 4.77. The standard InChI is InChI=1S/C23H27F3N2O3S/c1-32(30,31)27-20-8-9-28(23(29)14-4-2-5-14)21(20)12-16-11-18(25)13-19(22(16)26)15-6-3-7-17(24)10-15/h3,6-7,10-11,13-14,20-21,23,27,29H,2,4-5,8-9,12H2,1H3/t20-,21-,23?/m0/s1. The molecule has 4 rings (SSSR count). The van der Waals surface area contributed by atoms with Gasteiger partial charge in [0.1, 0.15) is 23.7 Å². The van der Waals surface area contributed by atoms with Gasteiger partial charge in [0.25, 0.3) is 0 Å². The van der Waals surface area contributed by atoms with Crippen molar-refractivity contribution in [2.75, 3.05) is 12.8 Å². The van der Waals surface area contributed by atoms with Crippen molar-refractivity contribution in [2.45, 2.75) is 50.4 Å². The number of hydrogen-bond donors (Lipinski definition) is 2.